The molecule has 0 unspecified atom stereocenters. The van der Waals surface area contributed by atoms with Crippen LogP contribution in [0.15, 0.2) is 27.4 Å². The predicted octanol–water partition coefficient (Wildman–Crippen LogP) is 2.08. The van der Waals surface area contributed by atoms with Gasteiger partial charge in [-0.05, 0) is 18.2 Å². The largest absolute Gasteiger partial charge is 0.508 e. The molecule has 7 heteroatoms. The molecule has 3 aromatic rings. The van der Waals surface area contributed by atoms with Gasteiger partial charge in [0.15, 0.2) is 11.3 Å². The summed E-state index contributed by atoms with van der Waals surface area (Å²) in [6, 6.07) is 3.95. The molecule has 0 saturated heterocycles. The van der Waals surface area contributed by atoms with Gasteiger partial charge >= 0.3 is 0 Å². The van der Waals surface area contributed by atoms with Crippen molar-refractivity contribution in [3.05, 3.63) is 28.4 Å². The number of ether oxygens (including phenoxy) is 2. The first-order valence-corrected chi connectivity index (χ1v) is 6.25. The molecule has 0 amide bonds. The fourth-order valence-electron chi connectivity index (χ4n) is 2.38. The monoisotopic (exact) mass is 304 g/mol. The van der Waals surface area contributed by atoms with Gasteiger partial charge in [0, 0.05) is 0 Å². The van der Waals surface area contributed by atoms with Crippen molar-refractivity contribution in [1.29, 1.82) is 0 Å². The molecule has 2 aromatic carbocycles. The van der Waals surface area contributed by atoms with Crippen molar-refractivity contribution in [3.8, 4) is 28.7 Å². The number of rotatable bonds is 2. The van der Waals surface area contributed by atoms with E-state index in [1.807, 2.05) is 0 Å². The number of fused-ring (bicyclic) bond motifs is 2. The standard InChI is InChI=1S/C15H12O7/c1-20-14-11(18)9-10(17)7-5-6(16)3-4-8(7)22-13(9)12(19)15(14)21-2/h3-5,16,18-19H,1-2H3. The fourth-order valence-corrected chi connectivity index (χ4v) is 2.38. The summed E-state index contributed by atoms with van der Waals surface area (Å²) in [5.41, 5.74) is -0.684. The summed E-state index contributed by atoms with van der Waals surface area (Å²) < 4.78 is 15.5. The third-order valence-corrected chi connectivity index (χ3v) is 3.37. The van der Waals surface area contributed by atoms with Gasteiger partial charge in [0.25, 0.3) is 0 Å². The van der Waals surface area contributed by atoms with E-state index < -0.39 is 16.9 Å². The predicted molar refractivity (Wildman–Crippen MR) is 78.1 cm³/mol. The minimum Gasteiger partial charge on any atom is -0.508 e. The van der Waals surface area contributed by atoms with Gasteiger partial charge < -0.3 is 29.2 Å². The molecule has 1 aromatic heterocycles. The Kier molecular flexibility index (Phi) is 2.98. The molecule has 0 aliphatic carbocycles. The van der Waals surface area contributed by atoms with Crippen molar-refractivity contribution < 1.29 is 29.2 Å². The highest BCUT2D eigenvalue weighted by atomic mass is 16.5. The second-order valence-electron chi connectivity index (χ2n) is 4.58. The van der Waals surface area contributed by atoms with Crippen molar-refractivity contribution >= 4 is 21.9 Å². The van der Waals surface area contributed by atoms with E-state index in [4.69, 9.17) is 13.9 Å². The van der Waals surface area contributed by atoms with Crippen LogP contribution in [0, 0.1) is 0 Å². The molecule has 0 aliphatic rings. The molecule has 0 atom stereocenters. The number of hydrogen-bond acceptors (Lipinski definition) is 7. The van der Waals surface area contributed by atoms with Crippen LogP contribution in [0.5, 0.6) is 28.7 Å². The minimum absolute atomic E-state index is 0.0643. The second kappa shape index (κ2) is 4.73. The van der Waals surface area contributed by atoms with Crippen molar-refractivity contribution in [1.82, 2.24) is 0 Å². The van der Waals surface area contributed by atoms with Crippen molar-refractivity contribution in [2.75, 3.05) is 14.2 Å². The molecule has 3 N–H and O–H groups in total. The van der Waals surface area contributed by atoms with Crippen LogP contribution in [-0.4, -0.2) is 29.5 Å². The number of aromatic hydroxyl groups is 3. The van der Waals surface area contributed by atoms with Crippen molar-refractivity contribution in [3.63, 3.8) is 0 Å². The normalized spacial score (nSPS) is 11.0. The third kappa shape index (κ3) is 1.72. The molecule has 0 saturated carbocycles. The van der Waals surface area contributed by atoms with Crippen LogP contribution in [0.25, 0.3) is 21.9 Å². The zero-order valence-corrected chi connectivity index (χ0v) is 11.7. The summed E-state index contributed by atoms with van der Waals surface area (Å²) in [6.07, 6.45) is 0. The average Bonchev–Trinajstić information content (AvgIpc) is 2.51. The SMILES string of the molecule is COc1c(OC)c(O)c2c(=O)c3cc(O)ccc3oc2c1O. The van der Waals surface area contributed by atoms with Gasteiger partial charge in [0.1, 0.15) is 16.7 Å². The molecule has 7 nitrogen and oxygen atoms in total. The second-order valence-corrected chi connectivity index (χ2v) is 4.58. The summed E-state index contributed by atoms with van der Waals surface area (Å²) >= 11 is 0. The van der Waals surface area contributed by atoms with Gasteiger partial charge in [0.05, 0.1) is 19.6 Å². The molecule has 1 heterocycles. The van der Waals surface area contributed by atoms with Gasteiger partial charge in [0.2, 0.25) is 22.7 Å². The van der Waals surface area contributed by atoms with Gasteiger partial charge in [-0.2, -0.15) is 0 Å². The Morgan fingerprint density at radius 1 is 1.00 bits per heavy atom. The van der Waals surface area contributed by atoms with Gasteiger partial charge in [-0.15, -0.1) is 0 Å². The first-order chi connectivity index (χ1) is 10.5. The van der Waals surface area contributed by atoms with Crippen LogP contribution in [-0.2, 0) is 0 Å². The van der Waals surface area contributed by atoms with Crippen LogP contribution in [0.1, 0.15) is 0 Å². The number of phenolic OH excluding ortho intramolecular Hbond substituents is 3. The zero-order valence-electron chi connectivity index (χ0n) is 11.7. The topological polar surface area (TPSA) is 109 Å². The van der Waals surface area contributed by atoms with E-state index in [0.29, 0.717) is 0 Å². The first-order valence-electron chi connectivity index (χ1n) is 6.25. The molecule has 0 fully saturated rings. The highest BCUT2D eigenvalue weighted by Gasteiger charge is 2.25. The van der Waals surface area contributed by atoms with Crippen LogP contribution >= 0.6 is 0 Å². The summed E-state index contributed by atoms with van der Waals surface area (Å²) in [5, 5.41) is 29.8. The highest BCUT2D eigenvalue weighted by molar-refractivity contribution is 5.99. The molecule has 22 heavy (non-hydrogen) atoms. The maximum absolute atomic E-state index is 12.5. The Hall–Kier alpha value is -3.09. The van der Waals surface area contributed by atoms with E-state index in [2.05, 4.69) is 0 Å². The third-order valence-electron chi connectivity index (χ3n) is 3.37. The van der Waals surface area contributed by atoms with E-state index >= 15 is 0 Å². The van der Waals surface area contributed by atoms with E-state index in [9.17, 15) is 20.1 Å². The highest BCUT2D eigenvalue weighted by Crippen LogP contribution is 2.49. The molecule has 3 rings (SSSR count). The van der Waals surface area contributed by atoms with Crippen molar-refractivity contribution in [2.45, 2.75) is 0 Å². The van der Waals surface area contributed by atoms with Gasteiger partial charge in [-0.3, -0.25) is 4.79 Å². The lowest BCUT2D eigenvalue weighted by molar-refractivity contribution is 0.318. The summed E-state index contributed by atoms with van der Waals surface area (Å²) in [6.45, 7) is 0. The first kappa shape index (κ1) is 13.9. The number of phenols is 3. The number of benzene rings is 2. The Morgan fingerprint density at radius 3 is 2.27 bits per heavy atom. The summed E-state index contributed by atoms with van der Waals surface area (Å²) in [4.78, 5) is 12.5. The number of hydrogen-bond donors (Lipinski definition) is 3. The smallest absolute Gasteiger partial charge is 0.211 e. The van der Waals surface area contributed by atoms with E-state index in [1.54, 1.807) is 0 Å². The van der Waals surface area contributed by atoms with E-state index in [0.717, 1.165) is 0 Å². The van der Waals surface area contributed by atoms with E-state index in [-0.39, 0.29) is 39.2 Å². The van der Waals surface area contributed by atoms with E-state index in [1.165, 1.54) is 32.4 Å². The molecule has 0 radical (unpaired) electrons. The van der Waals surface area contributed by atoms with Gasteiger partial charge in [-0.1, -0.05) is 0 Å². The summed E-state index contributed by atoms with van der Waals surface area (Å²) in [5.74, 6) is -1.42. The minimum atomic E-state index is -0.610. The maximum atomic E-state index is 12.5. The molecule has 0 bridgehead atoms. The van der Waals surface area contributed by atoms with Crippen molar-refractivity contribution in [2.24, 2.45) is 0 Å². The van der Waals surface area contributed by atoms with Gasteiger partial charge in [-0.25, -0.2) is 0 Å². The Balaban J connectivity index is 2.62. The lowest BCUT2D eigenvalue weighted by atomic mass is 10.1. The Labute approximate surface area is 123 Å². The molecule has 0 spiro atoms. The lowest BCUT2D eigenvalue weighted by Crippen LogP contribution is -2.04. The fraction of sp³-hybridized carbons (Fsp3) is 0.133. The van der Waals surface area contributed by atoms with Crippen LogP contribution in [0.3, 0.4) is 0 Å². The maximum Gasteiger partial charge on any atom is 0.211 e. The zero-order chi connectivity index (χ0) is 16.0. The summed E-state index contributed by atoms with van der Waals surface area (Å²) in [7, 11) is 2.54. The molecule has 114 valence electrons. The Bertz CT molecular complexity index is 956. The number of methoxy groups -OCH3 is 2. The Morgan fingerprint density at radius 2 is 1.64 bits per heavy atom. The average molecular weight is 304 g/mol. The quantitative estimate of drug-likeness (QED) is 0.491. The molecular formula is C15H12O7. The molecular weight excluding hydrogens is 292 g/mol. The van der Waals surface area contributed by atoms with Crippen LogP contribution < -0.4 is 14.9 Å². The molecule has 0 aliphatic heterocycles. The lowest BCUT2D eigenvalue weighted by Gasteiger charge is -2.13. The van der Waals surface area contributed by atoms with Crippen LogP contribution in [0.4, 0.5) is 0 Å². The van der Waals surface area contributed by atoms with Crippen LogP contribution in [0.2, 0.25) is 0 Å².